The van der Waals surface area contributed by atoms with Crippen molar-refractivity contribution in [2.24, 2.45) is 5.92 Å². The zero-order valence-electron chi connectivity index (χ0n) is 22.3. The molecule has 0 radical (unpaired) electrons. The highest BCUT2D eigenvalue weighted by Gasteiger charge is 2.44. The van der Waals surface area contributed by atoms with Gasteiger partial charge in [-0.1, -0.05) is 56.7 Å². The van der Waals surface area contributed by atoms with Crippen LogP contribution in [0.25, 0.3) is 10.1 Å². The Morgan fingerprint density at radius 2 is 1.90 bits per heavy atom. The molecular formula is C30H33N3O5S. The fraction of sp³-hybridized carbons (Fsp3) is 0.400. The van der Waals surface area contributed by atoms with Crippen LogP contribution in [0.3, 0.4) is 0 Å². The number of hydrogen-bond donors (Lipinski definition) is 2. The predicted molar refractivity (Wildman–Crippen MR) is 151 cm³/mol. The summed E-state index contributed by atoms with van der Waals surface area (Å²) in [5.74, 6) is -2.21. The van der Waals surface area contributed by atoms with E-state index in [1.54, 1.807) is 18.4 Å². The molecule has 2 aromatic carbocycles. The number of fused-ring (bicyclic) bond motifs is 1. The molecule has 3 heterocycles. The van der Waals surface area contributed by atoms with Crippen molar-refractivity contribution < 1.29 is 24.3 Å². The van der Waals surface area contributed by atoms with Gasteiger partial charge >= 0.3 is 5.97 Å². The first-order valence-corrected chi connectivity index (χ1v) is 14.3. The third-order valence-electron chi connectivity index (χ3n) is 8.17. The third-order valence-corrected chi connectivity index (χ3v) is 9.19. The molecule has 1 aromatic heterocycles. The van der Waals surface area contributed by atoms with Crippen molar-refractivity contribution in [2.75, 3.05) is 11.9 Å². The molecule has 204 valence electrons. The average Bonchev–Trinajstić information content (AvgIpc) is 3.49. The van der Waals surface area contributed by atoms with Crippen LogP contribution in [0.4, 0.5) is 5.69 Å². The van der Waals surface area contributed by atoms with Crippen molar-refractivity contribution in [3.63, 3.8) is 0 Å². The van der Waals surface area contributed by atoms with Gasteiger partial charge in [-0.05, 0) is 52.3 Å². The van der Waals surface area contributed by atoms with E-state index < -0.39 is 35.9 Å². The van der Waals surface area contributed by atoms with Gasteiger partial charge in [-0.2, -0.15) is 0 Å². The van der Waals surface area contributed by atoms with Gasteiger partial charge in [-0.3, -0.25) is 19.3 Å². The zero-order chi connectivity index (χ0) is 27.8. The number of aryl methyl sites for hydroxylation is 1. The van der Waals surface area contributed by atoms with Gasteiger partial charge in [0.25, 0.3) is 0 Å². The molecule has 0 saturated heterocycles. The normalized spacial score (nSPS) is 19.8. The van der Waals surface area contributed by atoms with Crippen LogP contribution in [0.2, 0.25) is 0 Å². The van der Waals surface area contributed by atoms with E-state index in [0.29, 0.717) is 24.9 Å². The molecule has 0 spiro atoms. The fourth-order valence-electron chi connectivity index (χ4n) is 5.87. The lowest BCUT2D eigenvalue weighted by Crippen LogP contribution is -2.57. The molecule has 0 saturated carbocycles. The van der Waals surface area contributed by atoms with Crippen molar-refractivity contribution in [1.82, 2.24) is 10.2 Å². The number of anilines is 1. The van der Waals surface area contributed by atoms with E-state index in [2.05, 4.69) is 5.32 Å². The van der Waals surface area contributed by atoms with Crippen LogP contribution < -0.4 is 10.2 Å². The van der Waals surface area contributed by atoms with E-state index in [-0.39, 0.29) is 24.7 Å². The first-order valence-electron chi connectivity index (χ1n) is 13.4. The molecular weight excluding hydrogens is 514 g/mol. The van der Waals surface area contributed by atoms with Gasteiger partial charge in [0.1, 0.15) is 18.1 Å². The van der Waals surface area contributed by atoms with Crippen molar-refractivity contribution >= 4 is 50.8 Å². The Morgan fingerprint density at radius 3 is 2.64 bits per heavy atom. The smallest absolute Gasteiger partial charge is 0.327 e. The molecule has 39 heavy (non-hydrogen) atoms. The molecule has 3 amide bonds. The molecule has 2 N–H and O–H groups in total. The Bertz CT molecular complexity index is 1450. The zero-order valence-corrected chi connectivity index (χ0v) is 23.2. The topological polar surface area (TPSA) is 107 Å². The molecule has 0 unspecified atom stereocenters. The van der Waals surface area contributed by atoms with Crippen LogP contribution in [0.5, 0.6) is 0 Å². The third kappa shape index (κ3) is 4.91. The molecule has 0 aliphatic carbocycles. The number of nitrogens with one attached hydrogen (secondary N) is 1. The quantitative estimate of drug-likeness (QED) is 0.446. The van der Waals surface area contributed by atoms with Gasteiger partial charge < -0.3 is 15.3 Å². The molecule has 5 rings (SSSR count). The van der Waals surface area contributed by atoms with E-state index in [1.165, 1.54) is 9.80 Å². The lowest BCUT2D eigenvalue weighted by atomic mass is 9.95. The number of likely N-dealkylation sites (N-methyl/N-ethyl adjacent to an activating group) is 1. The Labute approximate surface area is 231 Å². The number of para-hydroxylation sites is 1. The summed E-state index contributed by atoms with van der Waals surface area (Å²) < 4.78 is 1.11. The van der Waals surface area contributed by atoms with Crippen molar-refractivity contribution in [1.29, 1.82) is 0 Å². The number of rotatable bonds is 8. The molecule has 9 heteroatoms. The molecule has 4 atom stereocenters. The highest BCUT2D eigenvalue weighted by Crippen LogP contribution is 2.39. The van der Waals surface area contributed by atoms with Crippen molar-refractivity contribution in [3.05, 3.63) is 64.5 Å². The maximum absolute atomic E-state index is 13.7. The number of carboxylic acids is 1. The maximum atomic E-state index is 13.7. The summed E-state index contributed by atoms with van der Waals surface area (Å²) >= 11 is 1.59. The Balaban J connectivity index is 1.36. The molecule has 2 aliphatic heterocycles. The summed E-state index contributed by atoms with van der Waals surface area (Å²) in [6.45, 7) is 3.89. The second-order valence-corrected chi connectivity index (χ2v) is 11.5. The summed E-state index contributed by atoms with van der Waals surface area (Å²) in [6, 6.07) is 10.9. The van der Waals surface area contributed by atoms with Gasteiger partial charge in [-0.15, -0.1) is 11.3 Å². The van der Waals surface area contributed by atoms with Crippen LogP contribution in [0.1, 0.15) is 43.4 Å². The van der Waals surface area contributed by atoms with Gasteiger partial charge in [0, 0.05) is 18.2 Å². The van der Waals surface area contributed by atoms with Crippen LogP contribution in [0, 0.1) is 5.92 Å². The van der Waals surface area contributed by atoms with E-state index in [4.69, 9.17) is 0 Å². The number of benzene rings is 2. The summed E-state index contributed by atoms with van der Waals surface area (Å²) in [5.41, 5.74) is 3.34. The lowest BCUT2D eigenvalue weighted by molar-refractivity contribution is -0.142. The average molecular weight is 548 g/mol. The first-order chi connectivity index (χ1) is 18.7. The van der Waals surface area contributed by atoms with Crippen molar-refractivity contribution in [3.8, 4) is 0 Å². The van der Waals surface area contributed by atoms with Crippen LogP contribution in [0.15, 0.2) is 47.8 Å². The van der Waals surface area contributed by atoms with Gasteiger partial charge in [0.05, 0.1) is 12.1 Å². The van der Waals surface area contributed by atoms with Gasteiger partial charge in [-0.25, -0.2) is 4.79 Å². The summed E-state index contributed by atoms with van der Waals surface area (Å²) in [7, 11) is 1.64. The highest BCUT2D eigenvalue weighted by molar-refractivity contribution is 7.17. The number of nitrogens with zero attached hydrogens (tertiary/aromatic N) is 2. The lowest BCUT2D eigenvalue weighted by Gasteiger charge is -2.33. The Morgan fingerprint density at radius 1 is 1.15 bits per heavy atom. The van der Waals surface area contributed by atoms with Crippen LogP contribution >= 0.6 is 11.3 Å². The Kier molecular flexibility index (Phi) is 7.44. The highest BCUT2D eigenvalue weighted by atomic mass is 32.1. The van der Waals surface area contributed by atoms with E-state index in [9.17, 15) is 24.3 Å². The number of hydrogen-bond acceptors (Lipinski definition) is 5. The number of thiophene rings is 1. The fourth-order valence-corrected chi connectivity index (χ4v) is 6.83. The first kappa shape index (κ1) is 26.9. The van der Waals surface area contributed by atoms with E-state index in [0.717, 1.165) is 26.8 Å². The minimum Gasteiger partial charge on any atom is -0.480 e. The minimum absolute atomic E-state index is 0.151. The summed E-state index contributed by atoms with van der Waals surface area (Å²) in [6.07, 6.45) is 1.98. The predicted octanol–water partition coefficient (Wildman–Crippen LogP) is 3.79. The molecule has 8 nitrogen and oxygen atoms in total. The van der Waals surface area contributed by atoms with Crippen molar-refractivity contribution in [2.45, 2.75) is 64.1 Å². The van der Waals surface area contributed by atoms with E-state index >= 15 is 0 Å². The number of carbonyl (C=O) groups excluding carboxylic acids is 3. The largest absolute Gasteiger partial charge is 0.480 e. The number of amides is 3. The maximum Gasteiger partial charge on any atom is 0.327 e. The SMILES string of the molecule is CC[C@H](C)[C@@H](C(=O)N[C@H]1CCc2cccc3c2N(C1=O)[C@H](C(=O)O)C3)N(C)C(=O)Cc1csc2ccccc12. The number of carbonyl (C=O) groups is 4. The second-order valence-electron chi connectivity index (χ2n) is 10.6. The second kappa shape index (κ2) is 10.8. The summed E-state index contributed by atoms with van der Waals surface area (Å²) in [5, 5.41) is 15.8. The number of carboxylic acid groups (broad SMARTS) is 1. The monoisotopic (exact) mass is 547 g/mol. The van der Waals surface area contributed by atoms with Crippen LogP contribution in [-0.4, -0.2) is 58.9 Å². The number of aliphatic carboxylic acids is 1. The minimum atomic E-state index is -1.07. The summed E-state index contributed by atoms with van der Waals surface area (Å²) in [4.78, 5) is 55.8. The van der Waals surface area contributed by atoms with Crippen LogP contribution in [-0.2, 0) is 38.4 Å². The Hall–Kier alpha value is -3.72. The molecule has 3 aromatic rings. The van der Waals surface area contributed by atoms with Gasteiger partial charge in [0.2, 0.25) is 17.7 Å². The molecule has 0 bridgehead atoms. The standard InChI is InChI=1S/C30H33N3O5S/c1-4-17(2)26(32(3)25(34)15-20-16-39-24-11-6-5-10-21(20)24)28(35)31-22-13-12-18-8-7-9-19-14-23(30(37)38)33(27(18)19)29(22)36/h5-11,16-17,22-23,26H,4,12-15H2,1-3H3,(H,31,35)(H,37,38)/t17-,22-,23-,26-/m0/s1. The van der Waals surface area contributed by atoms with Gasteiger partial charge in [0.15, 0.2) is 0 Å². The molecule has 2 aliphatic rings. The molecule has 0 fully saturated rings. The van der Waals surface area contributed by atoms with E-state index in [1.807, 2.05) is 61.7 Å².